The monoisotopic (exact) mass is 461 g/mol. The van der Waals surface area contributed by atoms with Crippen LogP contribution in [-0.2, 0) is 0 Å². The zero-order valence-electron chi connectivity index (χ0n) is 13.5. The van der Waals surface area contributed by atoms with Crippen molar-refractivity contribution >= 4 is 61.8 Å². The van der Waals surface area contributed by atoms with Crippen LogP contribution >= 0.6 is 39.1 Å². The molecule has 0 radical (unpaired) electrons. The zero-order valence-corrected chi connectivity index (χ0v) is 16.6. The summed E-state index contributed by atoms with van der Waals surface area (Å²) in [5.74, 6) is 0.0851. The first-order chi connectivity index (χ1) is 13.0. The molecule has 0 unspecified atom stereocenters. The summed E-state index contributed by atoms with van der Waals surface area (Å²) >= 11 is 15.4. The summed E-state index contributed by atoms with van der Waals surface area (Å²) in [5.41, 5.74) is 2.82. The summed E-state index contributed by atoms with van der Waals surface area (Å²) in [6.07, 6.45) is 3.35. The number of benzene rings is 2. The molecule has 0 fully saturated rings. The fourth-order valence-corrected chi connectivity index (χ4v) is 3.27. The molecule has 0 aliphatic carbocycles. The number of nitrogens with zero attached hydrogens (tertiary/aromatic N) is 2. The highest BCUT2D eigenvalue weighted by atomic mass is 79.9. The number of aromatic nitrogens is 2. The van der Waals surface area contributed by atoms with Crippen molar-refractivity contribution in [3.8, 4) is 11.5 Å². The molecule has 2 heterocycles. The predicted octanol–water partition coefficient (Wildman–Crippen LogP) is 6.21. The van der Waals surface area contributed by atoms with E-state index in [2.05, 4.69) is 31.2 Å². The molecule has 0 saturated carbocycles. The molecule has 4 aromatic rings. The van der Waals surface area contributed by atoms with Gasteiger partial charge in [-0.05, 0) is 58.4 Å². The van der Waals surface area contributed by atoms with Crippen molar-refractivity contribution in [2.24, 2.45) is 0 Å². The van der Waals surface area contributed by atoms with Crippen molar-refractivity contribution in [2.45, 2.75) is 0 Å². The maximum Gasteiger partial charge on any atom is 0.257 e. The molecule has 4 rings (SSSR count). The van der Waals surface area contributed by atoms with E-state index in [1.54, 1.807) is 42.7 Å². The highest BCUT2D eigenvalue weighted by molar-refractivity contribution is 9.10. The first kappa shape index (κ1) is 18.0. The van der Waals surface area contributed by atoms with Gasteiger partial charge in [-0.15, -0.1) is 0 Å². The highest BCUT2D eigenvalue weighted by Gasteiger charge is 2.14. The number of rotatable bonds is 3. The fourth-order valence-electron chi connectivity index (χ4n) is 2.53. The van der Waals surface area contributed by atoms with Gasteiger partial charge in [-0.1, -0.05) is 23.2 Å². The summed E-state index contributed by atoms with van der Waals surface area (Å²) < 4.78 is 6.59. The first-order valence-corrected chi connectivity index (χ1v) is 9.32. The fraction of sp³-hybridized carbons (Fsp3) is 0. The second-order valence-electron chi connectivity index (χ2n) is 5.67. The van der Waals surface area contributed by atoms with E-state index < -0.39 is 0 Å². The summed E-state index contributed by atoms with van der Waals surface area (Å²) in [5, 5.41) is 3.55. The molecule has 0 saturated heterocycles. The average Bonchev–Trinajstić information content (AvgIpc) is 3.07. The largest absolute Gasteiger partial charge is 0.436 e. The number of pyridine rings is 1. The standard InChI is InChI=1S/C19H10BrCl2N3O2/c20-11-5-10(8-23-9-11)19-25-16-7-13(2-4-17(16)27-19)24-18(26)14-6-12(21)1-3-15(14)22/h1-9H,(H,24,26). The van der Waals surface area contributed by atoms with E-state index in [4.69, 9.17) is 27.6 Å². The molecule has 0 aliphatic rings. The van der Waals surface area contributed by atoms with Crippen LogP contribution in [0.1, 0.15) is 10.4 Å². The van der Waals surface area contributed by atoms with Gasteiger partial charge >= 0.3 is 0 Å². The molecule has 1 amide bonds. The first-order valence-electron chi connectivity index (χ1n) is 7.77. The summed E-state index contributed by atoms with van der Waals surface area (Å²) in [4.78, 5) is 21.1. The Bertz CT molecular complexity index is 1180. The van der Waals surface area contributed by atoms with Crippen LogP contribution in [0.5, 0.6) is 0 Å². The Labute approximate surface area is 172 Å². The number of carbonyl (C=O) groups excluding carboxylic acids is 1. The minimum Gasteiger partial charge on any atom is -0.436 e. The lowest BCUT2D eigenvalue weighted by atomic mass is 10.2. The molecule has 5 nitrogen and oxygen atoms in total. The number of hydrogen-bond acceptors (Lipinski definition) is 4. The van der Waals surface area contributed by atoms with Crippen LogP contribution in [0.15, 0.2) is 63.7 Å². The molecule has 0 atom stereocenters. The maximum atomic E-state index is 12.5. The topological polar surface area (TPSA) is 68.0 Å². The van der Waals surface area contributed by atoms with Crippen molar-refractivity contribution in [3.05, 3.63) is 74.9 Å². The molecular weight excluding hydrogens is 453 g/mol. The lowest BCUT2D eigenvalue weighted by molar-refractivity contribution is 0.102. The van der Waals surface area contributed by atoms with Gasteiger partial charge in [-0.25, -0.2) is 4.98 Å². The molecule has 1 N–H and O–H groups in total. The van der Waals surface area contributed by atoms with E-state index in [0.717, 1.165) is 10.0 Å². The molecule has 134 valence electrons. The minimum atomic E-state index is -0.359. The van der Waals surface area contributed by atoms with E-state index in [0.29, 0.717) is 38.3 Å². The van der Waals surface area contributed by atoms with E-state index in [-0.39, 0.29) is 5.91 Å². The second kappa shape index (κ2) is 7.31. The Morgan fingerprint density at radius 3 is 2.74 bits per heavy atom. The van der Waals surface area contributed by atoms with Crippen LogP contribution in [0.25, 0.3) is 22.6 Å². The second-order valence-corrected chi connectivity index (χ2v) is 7.43. The van der Waals surface area contributed by atoms with Gasteiger partial charge in [0.1, 0.15) is 5.52 Å². The van der Waals surface area contributed by atoms with Gasteiger partial charge < -0.3 is 9.73 Å². The molecule has 27 heavy (non-hydrogen) atoms. The third-order valence-corrected chi connectivity index (χ3v) is 4.77. The van der Waals surface area contributed by atoms with Crippen molar-refractivity contribution in [1.29, 1.82) is 0 Å². The number of oxazole rings is 1. The van der Waals surface area contributed by atoms with Gasteiger partial charge in [0, 0.05) is 27.6 Å². The van der Waals surface area contributed by atoms with Gasteiger partial charge in [0.15, 0.2) is 5.58 Å². The lowest BCUT2D eigenvalue weighted by Crippen LogP contribution is -2.12. The third kappa shape index (κ3) is 3.83. The quantitative estimate of drug-likeness (QED) is 0.392. The molecule has 0 aliphatic heterocycles. The molecule has 0 spiro atoms. The van der Waals surface area contributed by atoms with Crippen molar-refractivity contribution in [2.75, 3.05) is 5.32 Å². The Balaban J connectivity index is 1.64. The van der Waals surface area contributed by atoms with Crippen LogP contribution in [0.2, 0.25) is 10.0 Å². The van der Waals surface area contributed by atoms with E-state index in [1.807, 2.05) is 6.07 Å². The van der Waals surface area contributed by atoms with E-state index >= 15 is 0 Å². The zero-order chi connectivity index (χ0) is 19.0. The smallest absolute Gasteiger partial charge is 0.257 e. The Hall–Kier alpha value is -2.41. The SMILES string of the molecule is O=C(Nc1ccc2oc(-c3cncc(Br)c3)nc2c1)c1cc(Cl)ccc1Cl. The van der Waals surface area contributed by atoms with Gasteiger partial charge in [-0.2, -0.15) is 0 Å². The predicted molar refractivity (Wildman–Crippen MR) is 109 cm³/mol. The van der Waals surface area contributed by atoms with Crippen molar-refractivity contribution in [1.82, 2.24) is 9.97 Å². The molecular formula is C19H10BrCl2N3O2. The summed E-state index contributed by atoms with van der Waals surface area (Å²) in [6.45, 7) is 0. The van der Waals surface area contributed by atoms with Crippen molar-refractivity contribution in [3.63, 3.8) is 0 Å². The van der Waals surface area contributed by atoms with Crippen LogP contribution < -0.4 is 5.32 Å². The van der Waals surface area contributed by atoms with E-state index in [9.17, 15) is 4.79 Å². The number of hydrogen-bond donors (Lipinski definition) is 1. The maximum absolute atomic E-state index is 12.5. The van der Waals surface area contributed by atoms with Crippen molar-refractivity contribution < 1.29 is 9.21 Å². The lowest BCUT2D eigenvalue weighted by Gasteiger charge is -2.07. The normalized spacial score (nSPS) is 10.9. The average molecular weight is 463 g/mol. The number of anilines is 1. The summed E-state index contributed by atoms with van der Waals surface area (Å²) in [6, 6.07) is 11.8. The number of carbonyl (C=O) groups is 1. The van der Waals surface area contributed by atoms with E-state index in [1.165, 1.54) is 6.07 Å². The molecule has 2 aromatic carbocycles. The summed E-state index contributed by atoms with van der Waals surface area (Å²) in [7, 11) is 0. The molecule has 2 aromatic heterocycles. The Morgan fingerprint density at radius 2 is 1.93 bits per heavy atom. The number of halogens is 3. The van der Waals surface area contributed by atoms with Crippen LogP contribution in [0.4, 0.5) is 5.69 Å². The van der Waals surface area contributed by atoms with Gasteiger partial charge in [0.05, 0.1) is 16.1 Å². The molecule has 0 bridgehead atoms. The third-order valence-electron chi connectivity index (χ3n) is 3.77. The minimum absolute atomic E-state index is 0.297. The van der Waals surface area contributed by atoms with Crippen LogP contribution in [0, 0.1) is 0 Å². The molecule has 8 heteroatoms. The number of nitrogens with one attached hydrogen (secondary N) is 1. The number of fused-ring (bicyclic) bond motifs is 1. The number of amides is 1. The Kier molecular flexibility index (Phi) is 4.86. The van der Waals surface area contributed by atoms with Crippen LogP contribution in [0.3, 0.4) is 0 Å². The highest BCUT2D eigenvalue weighted by Crippen LogP contribution is 2.28. The van der Waals surface area contributed by atoms with Crippen LogP contribution in [-0.4, -0.2) is 15.9 Å². The van der Waals surface area contributed by atoms with Gasteiger partial charge in [0.25, 0.3) is 5.91 Å². The van der Waals surface area contributed by atoms with Gasteiger partial charge in [0.2, 0.25) is 5.89 Å². The Morgan fingerprint density at radius 1 is 1.07 bits per heavy atom. The van der Waals surface area contributed by atoms with Gasteiger partial charge in [-0.3, -0.25) is 9.78 Å².